The molecule has 3 aromatic carbocycles. The number of aliphatic imine (C=N–C) groups is 1. The van der Waals surface area contributed by atoms with E-state index in [1.54, 1.807) is 11.8 Å². The standard InChI is InChI=1S/C28H25N3OS/c1-19-10-9-11-21(16-19)18-33-28-24(17-29)26(22-12-5-3-6-13-22)25(20(2)30-28)27(32)31-23-14-7-4-8-15-23/h3-16,24,26H,18H2,1-2H3,(H,31,32). The second kappa shape index (κ2) is 10.3. The highest BCUT2D eigenvalue weighted by molar-refractivity contribution is 8.13. The first-order valence-corrected chi connectivity index (χ1v) is 11.8. The van der Waals surface area contributed by atoms with E-state index < -0.39 is 11.8 Å². The first-order chi connectivity index (χ1) is 16.1. The normalized spacial score (nSPS) is 17.8. The van der Waals surface area contributed by atoms with Crippen molar-refractivity contribution in [3.05, 3.63) is 113 Å². The fourth-order valence-corrected chi connectivity index (χ4v) is 5.15. The number of benzene rings is 3. The second-order valence-electron chi connectivity index (χ2n) is 8.04. The van der Waals surface area contributed by atoms with Crippen LogP contribution in [0.25, 0.3) is 0 Å². The summed E-state index contributed by atoms with van der Waals surface area (Å²) >= 11 is 1.57. The van der Waals surface area contributed by atoms with Gasteiger partial charge in [0.1, 0.15) is 5.92 Å². The Morgan fingerprint density at radius 1 is 1.00 bits per heavy atom. The van der Waals surface area contributed by atoms with E-state index in [0.717, 1.165) is 16.4 Å². The number of para-hydroxylation sites is 1. The van der Waals surface area contributed by atoms with Gasteiger partial charge < -0.3 is 5.32 Å². The molecule has 0 bridgehead atoms. The summed E-state index contributed by atoms with van der Waals surface area (Å²) in [7, 11) is 0. The lowest BCUT2D eigenvalue weighted by molar-refractivity contribution is -0.113. The zero-order chi connectivity index (χ0) is 23.2. The Morgan fingerprint density at radius 2 is 1.70 bits per heavy atom. The first-order valence-electron chi connectivity index (χ1n) is 10.9. The highest BCUT2D eigenvalue weighted by atomic mass is 32.2. The number of hydrogen-bond donors (Lipinski definition) is 1. The van der Waals surface area contributed by atoms with Crippen LogP contribution < -0.4 is 5.32 Å². The summed E-state index contributed by atoms with van der Waals surface area (Å²) < 4.78 is 0. The van der Waals surface area contributed by atoms with Crippen molar-refractivity contribution < 1.29 is 4.79 Å². The molecule has 2 atom stereocenters. The van der Waals surface area contributed by atoms with Gasteiger partial charge in [-0.15, -0.1) is 11.8 Å². The Labute approximate surface area is 199 Å². The maximum absolute atomic E-state index is 13.4. The van der Waals surface area contributed by atoms with Crippen LogP contribution in [0.1, 0.15) is 29.5 Å². The van der Waals surface area contributed by atoms with Crippen molar-refractivity contribution >= 4 is 28.4 Å². The van der Waals surface area contributed by atoms with Crippen LogP contribution in [0.5, 0.6) is 0 Å². The molecule has 5 heteroatoms. The molecule has 33 heavy (non-hydrogen) atoms. The van der Waals surface area contributed by atoms with Crippen LogP contribution in [0.3, 0.4) is 0 Å². The summed E-state index contributed by atoms with van der Waals surface area (Å²) in [6, 6.07) is 29.9. The number of rotatable bonds is 5. The molecular formula is C28H25N3OS. The van der Waals surface area contributed by atoms with Gasteiger partial charge in [0.05, 0.1) is 11.1 Å². The van der Waals surface area contributed by atoms with E-state index in [1.165, 1.54) is 11.1 Å². The Balaban J connectivity index is 1.71. The molecule has 0 aliphatic carbocycles. The van der Waals surface area contributed by atoms with Gasteiger partial charge in [0.25, 0.3) is 5.91 Å². The minimum Gasteiger partial charge on any atom is -0.322 e. The van der Waals surface area contributed by atoms with Crippen molar-refractivity contribution in [3.8, 4) is 6.07 Å². The molecule has 1 aliphatic rings. The third-order valence-corrected chi connectivity index (χ3v) is 6.74. The average molecular weight is 452 g/mol. The number of carbonyl (C=O) groups excluding carboxylic acids is 1. The molecule has 1 amide bonds. The molecule has 0 aromatic heterocycles. The number of carbonyl (C=O) groups is 1. The van der Waals surface area contributed by atoms with Gasteiger partial charge in [0.2, 0.25) is 0 Å². The van der Waals surface area contributed by atoms with Crippen molar-refractivity contribution in [2.24, 2.45) is 10.9 Å². The number of nitriles is 1. The van der Waals surface area contributed by atoms with E-state index >= 15 is 0 Å². The van der Waals surface area contributed by atoms with E-state index in [2.05, 4.69) is 36.5 Å². The number of thioether (sulfide) groups is 1. The van der Waals surface area contributed by atoms with Gasteiger partial charge in [-0.1, -0.05) is 78.4 Å². The number of nitrogens with one attached hydrogen (secondary N) is 1. The molecule has 0 radical (unpaired) electrons. The van der Waals surface area contributed by atoms with E-state index in [1.807, 2.05) is 73.7 Å². The predicted molar refractivity (Wildman–Crippen MR) is 136 cm³/mol. The number of aryl methyl sites for hydroxylation is 1. The molecular weight excluding hydrogens is 426 g/mol. The van der Waals surface area contributed by atoms with Gasteiger partial charge >= 0.3 is 0 Å². The van der Waals surface area contributed by atoms with E-state index in [0.29, 0.717) is 17.0 Å². The van der Waals surface area contributed by atoms with Gasteiger partial charge in [-0.05, 0) is 37.1 Å². The molecule has 0 saturated carbocycles. The maximum Gasteiger partial charge on any atom is 0.254 e. The lowest BCUT2D eigenvalue weighted by atomic mass is 9.78. The third kappa shape index (κ3) is 5.24. The molecule has 3 aromatic rings. The van der Waals surface area contributed by atoms with Crippen molar-refractivity contribution in [1.29, 1.82) is 5.26 Å². The van der Waals surface area contributed by atoms with Gasteiger partial charge in [0, 0.05) is 28.6 Å². The summed E-state index contributed by atoms with van der Waals surface area (Å²) in [5, 5.41) is 13.9. The van der Waals surface area contributed by atoms with Gasteiger partial charge in [0.15, 0.2) is 0 Å². The lowest BCUT2D eigenvalue weighted by Gasteiger charge is -2.30. The molecule has 1 aliphatic heterocycles. The molecule has 1 heterocycles. The highest BCUT2D eigenvalue weighted by Crippen LogP contribution is 2.42. The minimum absolute atomic E-state index is 0.223. The number of amides is 1. The maximum atomic E-state index is 13.4. The molecule has 0 spiro atoms. The Bertz CT molecular complexity index is 1240. The van der Waals surface area contributed by atoms with Crippen molar-refractivity contribution in [2.45, 2.75) is 25.5 Å². The smallest absolute Gasteiger partial charge is 0.254 e. The number of nitrogens with zero attached hydrogens (tertiary/aromatic N) is 2. The van der Waals surface area contributed by atoms with Crippen molar-refractivity contribution in [2.75, 3.05) is 5.32 Å². The first kappa shape index (κ1) is 22.6. The molecule has 4 nitrogen and oxygen atoms in total. The van der Waals surface area contributed by atoms with Gasteiger partial charge in [-0.2, -0.15) is 5.26 Å². The van der Waals surface area contributed by atoms with Crippen LogP contribution in [-0.4, -0.2) is 11.0 Å². The second-order valence-corrected chi connectivity index (χ2v) is 9.04. The van der Waals surface area contributed by atoms with Crippen LogP contribution in [0.4, 0.5) is 5.69 Å². The van der Waals surface area contributed by atoms with Crippen molar-refractivity contribution in [3.63, 3.8) is 0 Å². The number of hydrogen-bond acceptors (Lipinski definition) is 4. The zero-order valence-corrected chi connectivity index (χ0v) is 19.5. The molecule has 1 N–H and O–H groups in total. The monoisotopic (exact) mass is 451 g/mol. The zero-order valence-electron chi connectivity index (χ0n) is 18.7. The molecule has 2 unspecified atom stereocenters. The van der Waals surface area contributed by atoms with E-state index in [4.69, 9.17) is 4.99 Å². The van der Waals surface area contributed by atoms with Crippen LogP contribution in [0.2, 0.25) is 0 Å². The van der Waals surface area contributed by atoms with E-state index in [-0.39, 0.29) is 5.91 Å². The van der Waals surface area contributed by atoms with Crippen LogP contribution >= 0.6 is 11.8 Å². The molecule has 4 rings (SSSR count). The quantitative estimate of drug-likeness (QED) is 0.483. The van der Waals surface area contributed by atoms with E-state index in [9.17, 15) is 10.1 Å². The average Bonchev–Trinajstić information content (AvgIpc) is 2.83. The minimum atomic E-state index is -0.539. The Morgan fingerprint density at radius 3 is 2.36 bits per heavy atom. The number of anilines is 1. The molecule has 0 fully saturated rings. The fourth-order valence-electron chi connectivity index (χ4n) is 4.09. The van der Waals surface area contributed by atoms with Gasteiger partial charge in [-0.25, -0.2) is 4.99 Å². The lowest BCUT2D eigenvalue weighted by Crippen LogP contribution is -2.31. The topological polar surface area (TPSA) is 65.2 Å². The third-order valence-electron chi connectivity index (χ3n) is 5.62. The largest absolute Gasteiger partial charge is 0.322 e. The van der Waals surface area contributed by atoms with Crippen LogP contribution in [0, 0.1) is 24.2 Å². The summed E-state index contributed by atoms with van der Waals surface area (Å²) in [5.41, 5.74) is 5.22. The summed E-state index contributed by atoms with van der Waals surface area (Å²) in [6.07, 6.45) is 0. The highest BCUT2D eigenvalue weighted by Gasteiger charge is 2.38. The van der Waals surface area contributed by atoms with Crippen LogP contribution in [-0.2, 0) is 10.5 Å². The Hall–Kier alpha value is -3.62. The van der Waals surface area contributed by atoms with Crippen molar-refractivity contribution in [1.82, 2.24) is 0 Å². The predicted octanol–water partition coefficient (Wildman–Crippen LogP) is 6.48. The molecule has 164 valence electrons. The Kier molecular flexibility index (Phi) is 7.07. The summed E-state index contributed by atoms with van der Waals surface area (Å²) in [6.45, 7) is 3.93. The summed E-state index contributed by atoms with van der Waals surface area (Å²) in [4.78, 5) is 18.2. The SMILES string of the molecule is CC1=C(C(=O)Nc2ccccc2)C(c2ccccc2)C(C#N)C(SCc2cccc(C)c2)=N1. The molecule has 0 saturated heterocycles. The van der Waals surface area contributed by atoms with Gasteiger partial charge in [-0.3, -0.25) is 4.79 Å². The fraction of sp³-hybridized carbons (Fsp3) is 0.179. The summed E-state index contributed by atoms with van der Waals surface area (Å²) in [5.74, 6) is -0.432. The number of allylic oxidation sites excluding steroid dienone is 1. The van der Waals surface area contributed by atoms with Crippen LogP contribution in [0.15, 0.2) is 101 Å².